The van der Waals surface area contributed by atoms with Crippen molar-refractivity contribution in [2.75, 3.05) is 13.1 Å². The molecule has 0 saturated carbocycles. The standard InChI is InChI=1S/C38H58N12O15/c1-18(51)31(50-29(55)17-44-32(58)20(40)9-5-6-12-39)37(63)49-25(16-30(56)57)36(62)46-22(13-19-7-3-2-4-8-19)33(59)47-24(15-28(43)54)35(61)48-23(14-27(42)53)34(60)45-21(38(64)65)10-11-26(41)52/h2-4,7-8,18,20-25,31,51H,5-6,9-17,39-40H2,1H3,(H2,41,52)(H2,42,53)(H2,43,54)(H,44,58)(H,45,60)(H,46,62)(H,47,59)(H,48,61)(H,49,63)(H,50,55)(H,56,57)(H,64,65)/t18-,20+,21+,22+,23+,24+,25+,31+/m1/s1. The van der Waals surface area contributed by atoms with Crippen molar-refractivity contribution in [3.63, 3.8) is 0 Å². The Hall–Kier alpha value is -7.26. The van der Waals surface area contributed by atoms with E-state index in [4.69, 9.17) is 28.7 Å². The van der Waals surface area contributed by atoms with E-state index in [1.807, 2.05) is 5.32 Å². The molecule has 1 aromatic carbocycles. The first-order chi connectivity index (χ1) is 30.4. The van der Waals surface area contributed by atoms with Crippen molar-refractivity contribution in [2.24, 2.45) is 28.7 Å². The quantitative estimate of drug-likeness (QED) is 0.0308. The van der Waals surface area contributed by atoms with Crippen LogP contribution in [0.3, 0.4) is 0 Å². The largest absolute Gasteiger partial charge is 0.481 e. The number of primary amides is 3. The molecule has 10 amide bonds. The van der Waals surface area contributed by atoms with Gasteiger partial charge in [-0.2, -0.15) is 0 Å². The SMILES string of the molecule is C[C@@H](O)[C@H](NC(=O)CNC(=O)[C@@H](N)CCCCN)C(=O)N[C@@H](CC(=O)O)C(=O)N[C@@H](Cc1ccccc1)C(=O)N[C@@H](CC(N)=O)C(=O)N[C@@H](CC(N)=O)C(=O)N[C@@H](CCC(N)=O)C(=O)O. The number of amides is 10. The maximum atomic E-state index is 13.9. The van der Waals surface area contributed by atoms with Gasteiger partial charge in [0.15, 0.2) is 0 Å². The molecule has 0 bridgehead atoms. The molecule has 27 heteroatoms. The van der Waals surface area contributed by atoms with Crippen LogP contribution in [0.15, 0.2) is 30.3 Å². The lowest BCUT2D eigenvalue weighted by Crippen LogP contribution is -2.61. The van der Waals surface area contributed by atoms with Crippen LogP contribution in [0.4, 0.5) is 0 Å². The highest BCUT2D eigenvalue weighted by molar-refractivity contribution is 6.00. The first-order valence-electron chi connectivity index (χ1n) is 20.0. The summed E-state index contributed by atoms with van der Waals surface area (Å²) < 4.78 is 0. The Morgan fingerprint density at radius 2 is 1.06 bits per heavy atom. The van der Waals surface area contributed by atoms with Gasteiger partial charge in [-0.25, -0.2) is 4.79 Å². The molecular weight excluding hydrogens is 864 g/mol. The predicted molar refractivity (Wildman–Crippen MR) is 223 cm³/mol. The van der Waals surface area contributed by atoms with Crippen molar-refractivity contribution in [3.05, 3.63) is 35.9 Å². The second-order valence-electron chi connectivity index (χ2n) is 14.7. The van der Waals surface area contributed by atoms with E-state index in [9.17, 15) is 72.9 Å². The third-order valence-electron chi connectivity index (χ3n) is 9.11. The monoisotopic (exact) mass is 922 g/mol. The first-order valence-corrected chi connectivity index (χ1v) is 20.0. The molecule has 20 N–H and O–H groups in total. The van der Waals surface area contributed by atoms with Crippen molar-refractivity contribution < 1.29 is 72.9 Å². The molecular formula is C38H58N12O15. The second kappa shape index (κ2) is 28.4. The van der Waals surface area contributed by atoms with E-state index in [1.165, 1.54) is 12.1 Å². The molecule has 1 aromatic rings. The van der Waals surface area contributed by atoms with Crippen molar-refractivity contribution in [2.45, 2.75) is 113 Å². The van der Waals surface area contributed by atoms with Crippen LogP contribution in [-0.4, -0.2) is 148 Å². The molecule has 0 spiro atoms. The summed E-state index contributed by atoms with van der Waals surface area (Å²) in [6.45, 7) is 0.782. The van der Waals surface area contributed by atoms with E-state index in [-0.39, 0.29) is 12.8 Å². The fraction of sp³-hybridized carbons (Fsp3) is 0.526. The van der Waals surface area contributed by atoms with Gasteiger partial charge in [-0.05, 0) is 38.3 Å². The molecule has 360 valence electrons. The Balaban J connectivity index is 3.38. The average molecular weight is 923 g/mol. The topological polar surface area (TPSA) is 480 Å². The Morgan fingerprint density at radius 1 is 0.585 bits per heavy atom. The zero-order valence-corrected chi connectivity index (χ0v) is 35.4. The summed E-state index contributed by atoms with van der Waals surface area (Å²) in [5, 5.41) is 44.6. The molecule has 0 aromatic heterocycles. The van der Waals surface area contributed by atoms with Gasteiger partial charge < -0.3 is 81.2 Å². The van der Waals surface area contributed by atoms with Crippen LogP contribution in [0.25, 0.3) is 0 Å². The molecule has 8 atom stereocenters. The summed E-state index contributed by atoms with van der Waals surface area (Å²) in [5.41, 5.74) is 27.2. The summed E-state index contributed by atoms with van der Waals surface area (Å²) in [6, 6.07) is -4.33. The van der Waals surface area contributed by atoms with E-state index in [1.54, 1.807) is 18.2 Å². The fourth-order valence-electron chi connectivity index (χ4n) is 5.73. The maximum Gasteiger partial charge on any atom is 0.326 e. The average Bonchev–Trinajstić information content (AvgIpc) is 3.21. The van der Waals surface area contributed by atoms with Gasteiger partial charge in [-0.15, -0.1) is 0 Å². The molecule has 0 saturated heterocycles. The predicted octanol–water partition coefficient (Wildman–Crippen LogP) is -7.33. The fourth-order valence-corrected chi connectivity index (χ4v) is 5.73. The highest BCUT2D eigenvalue weighted by atomic mass is 16.4. The second-order valence-corrected chi connectivity index (χ2v) is 14.7. The molecule has 0 heterocycles. The van der Waals surface area contributed by atoms with E-state index in [2.05, 4.69) is 31.9 Å². The molecule has 1 rings (SSSR count). The van der Waals surface area contributed by atoms with Crippen molar-refractivity contribution in [1.29, 1.82) is 0 Å². The third kappa shape index (κ3) is 22.1. The minimum atomic E-state index is -1.99. The van der Waals surface area contributed by atoms with Gasteiger partial charge in [0, 0.05) is 12.8 Å². The molecule has 65 heavy (non-hydrogen) atoms. The van der Waals surface area contributed by atoms with Gasteiger partial charge in [0.25, 0.3) is 0 Å². The highest BCUT2D eigenvalue weighted by Gasteiger charge is 2.36. The lowest BCUT2D eigenvalue weighted by molar-refractivity contribution is -0.143. The number of rotatable bonds is 31. The minimum Gasteiger partial charge on any atom is -0.481 e. The van der Waals surface area contributed by atoms with E-state index >= 15 is 0 Å². The van der Waals surface area contributed by atoms with Crippen LogP contribution >= 0.6 is 0 Å². The van der Waals surface area contributed by atoms with Crippen LogP contribution in [0.1, 0.15) is 63.9 Å². The third-order valence-corrected chi connectivity index (χ3v) is 9.11. The van der Waals surface area contributed by atoms with Crippen LogP contribution < -0.4 is 65.9 Å². The molecule has 0 aliphatic carbocycles. The summed E-state index contributed by atoms with van der Waals surface area (Å²) >= 11 is 0. The van der Waals surface area contributed by atoms with Gasteiger partial charge in [-0.1, -0.05) is 36.8 Å². The van der Waals surface area contributed by atoms with Crippen LogP contribution in [0.5, 0.6) is 0 Å². The highest BCUT2D eigenvalue weighted by Crippen LogP contribution is 2.08. The van der Waals surface area contributed by atoms with Crippen LogP contribution in [-0.2, 0) is 64.0 Å². The van der Waals surface area contributed by atoms with Crippen molar-refractivity contribution in [1.82, 2.24) is 37.2 Å². The van der Waals surface area contributed by atoms with E-state index in [0.717, 1.165) is 6.92 Å². The number of carbonyl (C=O) groups is 12. The molecule has 0 fully saturated rings. The van der Waals surface area contributed by atoms with E-state index < -0.39 is 158 Å². The Bertz CT molecular complexity index is 1880. The normalized spacial score (nSPS) is 14.5. The maximum absolute atomic E-state index is 13.9. The van der Waals surface area contributed by atoms with Crippen LogP contribution in [0.2, 0.25) is 0 Å². The van der Waals surface area contributed by atoms with Crippen molar-refractivity contribution >= 4 is 71.0 Å². The number of nitrogens with one attached hydrogen (secondary N) is 7. The molecule has 0 aliphatic rings. The number of carboxylic acid groups (broad SMARTS) is 2. The Morgan fingerprint density at radius 3 is 1.52 bits per heavy atom. The minimum absolute atomic E-state index is 0.271. The number of aliphatic hydroxyl groups excluding tert-OH is 1. The Labute approximate surface area is 371 Å². The molecule has 27 nitrogen and oxygen atoms in total. The van der Waals surface area contributed by atoms with E-state index in [0.29, 0.717) is 24.9 Å². The van der Waals surface area contributed by atoms with Gasteiger partial charge in [0.2, 0.25) is 59.1 Å². The molecule has 0 radical (unpaired) electrons. The van der Waals surface area contributed by atoms with Gasteiger partial charge in [-0.3, -0.25) is 52.7 Å². The van der Waals surface area contributed by atoms with Crippen LogP contribution in [0, 0.1) is 0 Å². The van der Waals surface area contributed by atoms with Gasteiger partial charge in [0.05, 0.1) is 38.0 Å². The first kappa shape index (κ1) is 55.8. The lowest BCUT2D eigenvalue weighted by atomic mass is 10.0. The number of aliphatic carboxylic acids is 2. The summed E-state index contributed by atoms with van der Waals surface area (Å²) in [5.74, 6) is -14.6. The number of nitrogens with two attached hydrogens (primary N) is 5. The molecule has 0 aliphatic heterocycles. The Kier molecular flexibility index (Phi) is 24.4. The van der Waals surface area contributed by atoms with Gasteiger partial charge >= 0.3 is 11.9 Å². The summed E-state index contributed by atoms with van der Waals surface area (Å²) in [7, 11) is 0. The lowest BCUT2D eigenvalue weighted by Gasteiger charge is -2.27. The number of carboxylic acids is 2. The smallest absolute Gasteiger partial charge is 0.326 e. The number of unbranched alkanes of at least 4 members (excludes halogenated alkanes) is 1. The molecule has 0 unspecified atom stereocenters. The zero-order chi connectivity index (χ0) is 49.4. The summed E-state index contributed by atoms with van der Waals surface area (Å²) in [4.78, 5) is 151. The van der Waals surface area contributed by atoms with Gasteiger partial charge in [0.1, 0.15) is 36.3 Å². The number of carbonyl (C=O) groups excluding carboxylic acids is 10. The number of hydrogen-bond donors (Lipinski definition) is 15. The number of aliphatic hydroxyl groups is 1. The number of benzene rings is 1. The zero-order valence-electron chi connectivity index (χ0n) is 35.4. The number of hydrogen-bond acceptors (Lipinski definition) is 15. The summed E-state index contributed by atoms with van der Waals surface area (Å²) in [6.07, 6.45) is -4.56. The van der Waals surface area contributed by atoms with Crippen molar-refractivity contribution in [3.8, 4) is 0 Å².